The molecule has 0 N–H and O–H groups in total. The average Bonchev–Trinajstić information content (AvgIpc) is 2.46. The summed E-state index contributed by atoms with van der Waals surface area (Å²) in [6.07, 6.45) is 0. The normalized spacial score (nSPS) is 10.6. The molecule has 3 rings (SSSR count). The molecule has 0 aliphatic rings. The van der Waals surface area contributed by atoms with E-state index in [0.29, 0.717) is 0 Å². The minimum atomic E-state index is 1.03. The van der Waals surface area contributed by atoms with Crippen molar-refractivity contribution in [2.45, 2.75) is 0 Å². The third kappa shape index (κ3) is 2.17. The number of hydrogen-bond acceptors (Lipinski definition) is 2. The fourth-order valence-corrected chi connectivity index (χ4v) is 2.25. The van der Waals surface area contributed by atoms with Gasteiger partial charge in [-0.3, -0.25) is 0 Å². The maximum Gasteiger partial charge on any atom is 0.0942 e. The molecule has 0 atom stereocenters. The van der Waals surface area contributed by atoms with Gasteiger partial charge in [0.15, 0.2) is 0 Å². The van der Waals surface area contributed by atoms with E-state index in [9.17, 15) is 0 Å². The van der Waals surface area contributed by atoms with E-state index < -0.39 is 0 Å². The zero-order valence-electron chi connectivity index (χ0n) is 11.2. The smallest absolute Gasteiger partial charge is 0.0942 e. The second kappa shape index (κ2) is 4.73. The maximum absolute atomic E-state index is 4.82. The topological polar surface area (TPSA) is 16.1 Å². The average molecular weight is 248 g/mol. The quantitative estimate of drug-likeness (QED) is 0.682. The summed E-state index contributed by atoms with van der Waals surface area (Å²) in [6, 6.07) is 20.8. The molecular formula is C17H16N2. The van der Waals surface area contributed by atoms with Crippen LogP contribution in [0.4, 0.5) is 5.69 Å². The molecule has 0 radical (unpaired) electrons. The number of hydrogen-bond donors (Lipinski definition) is 0. The van der Waals surface area contributed by atoms with Gasteiger partial charge in [0.05, 0.1) is 16.9 Å². The molecule has 0 spiro atoms. The Kier molecular flexibility index (Phi) is 2.92. The van der Waals surface area contributed by atoms with Gasteiger partial charge in [-0.05, 0) is 12.1 Å². The molecule has 0 aliphatic heterocycles. The SMILES string of the molecule is CN(C)c1cc2ccccc2nc1-c1ccccc1. The molecule has 1 heterocycles. The lowest BCUT2D eigenvalue weighted by molar-refractivity contribution is 1.12. The maximum atomic E-state index is 4.82. The number of nitrogens with zero attached hydrogens (tertiary/aromatic N) is 2. The molecule has 3 aromatic rings. The van der Waals surface area contributed by atoms with Gasteiger partial charge in [-0.25, -0.2) is 4.98 Å². The molecule has 0 saturated heterocycles. The van der Waals surface area contributed by atoms with Crippen LogP contribution >= 0.6 is 0 Å². The van der Waals surface area contributed by atoms with Gasteiger partial charge in [-0.1, -0.05) is 48.5 Å². The van der Waals surface area contributed by atoms with Crippen LogP contribution in [0.2, 0.25) is 0 Å². The Morgan fingerprint density at radius 3 is 2.26 bits per heavy atom. The second-order valence-corrected chi connectivity index (χ2v) is 4.81. The van der Waals surface area contributed by atoms with Gasteiger partial charge >= 0.3 is 0 Å². The largest absolute Gasteiger partial charge is 0.376 e. The molecule has 2 nitrogen and oxygen atoms in total. The van der Waals surface area contributed by atoms with E-state index in [-0.39, 0.29) is 0 Å². The fraction of sp³-hybridized carbons (Fsp3) is 0.118. The van der Waals surface area contributed by atoms with Gasteiger partial charge in [0.2, 0.25) is 0 Å². The Labute approximate surface area is 113 Å². The summed E-state index contributed by atoms with van der Waals surface area (Å²) in [4.78, 5) is 6.94. The van der Waals surface area contributed by atoms with Crippen molar-refractivity contribution in [3.63, 3.8) is 0 Å². The molecule has 0 unspecified atom stereocenters. The van der Waals surface area contributed by atoms with E-state index in [1.165, 1.54) is 5.39 Å². The summed E-state index contributed by atoms with van der Waals surface area (Å²) >= 11 is 0. The van der Waals surface area contributed by atoms with E-state index >= 15 is 0 Å². The van der Waals surface area contributed by atoms with Crippen LogP contribution in [0.15, 0.2) is 60.7 Å². The lowest BCUT2D eigenvalue weighted by atomic mass is 10.1. The fourth-order valence-electron chi connectivity index (χ4n) is 2.25. The van der Waals surface area contributed by atoms with Crippen molar-refractivity contribution < 1.29 is 0 Å². The number of aromatic nitrogens is 1. The van der Waals surface area contributed by atoms with Crippen LogP contribution in [-0.4, -0.2) is 19.1 Å². The van der Waals surface area contributed by atoms with Crippen LogP contribution < -0.4 is 4.90 Å². The lowest BCUT2D eigenvalue weighted by Crippen LogP contribution is -2.11. The third-order valence-electron chi connectivity index (χ3n) is 3.23. The first-order valence-corrected chi connectivity index (χ1v) is 6.38. The molecule has 0 aliphatic carbocycles. The molecule has 2 aromatic carbocycles. The summed E-state index contributed by atoms with van der Waals surface area (Å²) in [5, 5.41) is 1.17. The second-order valence-electron chi connectivity index (χ2n) is 4.81. The van der Waals surface area contributed by atoms with Crippen molar-refractivity contribution >= 4 is 16.6 Å². The van der Waals surface area contributed by atoms with Crippen molar-refractivity contribution in [3.05, 3.63) is 60.7 Å². The highest BCUT2D eigenvalue weighted by atomic mass is 15.1. The van der Waals surface area contributed by atoms with Crippen LogP contribution in [0.1, 0.15) is 0 Å². The monoisotopic (exact) mass is 248 g/mol. The van der Waals surface area contributed by atoms with Gasteiger partial charge in [-0.15, -0.1) is 0 Å². The zero-order chi connectivity index (χ0) is 13.2. The van der Waals surface area contributed by atoms with Gasteiger partial charge in [0, 0.05) is 25.0 Å². The predicted octanol–water partition coefficient (Wildman–Crippen LogP) is 3.97. The molecule has 0 amide bonds. The summed E-state index contributed by atoms with van der Waals surface area (Å²) in [6.45, 7) is 0. The Morgan fingerprint density at radius 1 is 0.842 bits per heavy atom. The van der Waals surface area contributed by atoms with Crippen molar-refractivity contribution in [3.8, 4) is 11.3 Å². The molecule has 1 aromatic heterocycles. The highest BCUT2D eigenvalue weighted by Crippen LogP contribution is 2.30. The molecular weight excluding hydrogens is 232 g/mol. The summed E-state index contributed by atoms with van der Waals surface area (Å²) in [5.74, 6) is 0. The number of anilines is 1. The molecule has 0 saturated carbocycles. The van der Waals surface area contributed by atoms with Crippen molar-refractivity contribution in [1.82, 2.24) is 4.98 Å². The van der Waals surface area contributed by atoms with Gasteiger partial charge in [-0.2, -0.15) is 0 Å². The van der Waals surface area contributed by atoms with Crippen molar-refractivity contribution in [2.75, 3.05) is 19.0 Å². The zero-order valence-corrected chi connectivity index (χ0v) is 11.2. The Morgan fingerprint density at radius 2 is 1.53 bits per heavy atom. The van der Waals surface area contributed by atoms with E-state index in [4.69, 9.17) is 4.98 Å². The van der Waals surface area contributed by atoms with Crippen LogP contribution in [-0.2, 0) is 0 Å². The van der Waals surface area contributed by atoms with Crippen LogP contribution in [0, 0.1) is 0 Å². The predicted molar refractivity (Wildman–Crippen MR) is 81.5 cm³/mol. The Hall–Kier alpha value is -2.35. The van der Waals surface area contributed by atoms with E-state index in [0.717, 1.165) is 22.5 Å². The summed E-state index contributed by atoms with van der Waals surface area (Å²) < 4.78 is 0. The van der Waals surface area contributed by atoms with Crippen molar-refractivity contribution in [2.24, 2.45) is 0 Å². The Balaban J connectivity index is 2.30. The minimum absolute atomic E-state index is 1.03. The van der Waals surface area contributed by atoms with Gasteiger partial charge in [0.1, 0.15) is 0 Å². The number of rotatable bonds is 2. The highest BCUT2D eigenvalue weighted by Gasteiger charge is 2.10. The Bertz CT molecular complexity index is 703. The van der Waals surface area contributed by atoms with E-state index in [1.807, 2.05) is 30.3 Å². The molecule has 19 heavy (non-hydrogen) atoms. The first-order chi connectivity index (χ1) is 9.25. The van der Waals surface area contributed by atoms with Crippen LogP contribution in [0.3, 0.4) is 0 Å². The molecule has 0 bridgehead atoms. The highest BCUT2D eigenvalue weighted by molar-refractivity contribution is 5.89. The number of fused-ring (bicyclic) bond motifs is 1. The minimum Gasteiger partial charge on any atom is -0.376 e. The third-order valence-corrected chi connectivity index (χ3v) is 3.23. The molecule has 94 valence electrons. The van der Waals surface area contributed by atoms with E-state index in [2.05, 4.69) is 49.3 Å². The molecule has 0 fully saturated rings. The molecule has 2 heteroatoms. The standard InChI is InChI=1S/C17H16N2/c1-19(2)16-12-14-10-6-7-11-15(14)18-17(16)13-8-4-3-5-9-13/h3-12H,1-2H3. The number of pyridine rings is 1. The van der Waals surface area contributed by atoms with Crippen LogP contribution in [0.5, 0.6) is 0 Å². The summed E-state index contributed by atoms with van der Waals surface area (Å²) in [5.41, 5.74) is 4.36. The van der Waals surface area contributed by atoms with Crippen molar-refractivity contribution in [1.29, 1.82) is 0 Å². The lowest BCUT2D eigenvalue weighted by Gasteiger charge is -2.18. The first kappa shape index (κ1) is 11.7. The van der Waals surface area contributed by atoms with E-state index in [1.54, 1.807) is 0 Å². The van der Waals surface area contributed by atoms with Gasteiger partial charge < -0.3 is 4.90 Å². The summed E-state index contributed by atoms with van der Waals surface area (Å²) in [7, 11) is 4.11. The van der Waals surface area contributed by atoms with Gasteiger partial charge in [0.25, 0.3) is 0 Å². The number of para-hydroxylation sites is 1. The van der Waals surface area contributed by atoms with Crippen LogP contribution in [0.25, 0.3) is 22.2 Å². The first-order valence-electron chi connectivity index (χ1n) is 6.38. The number of benzene rings is 2.